The Morgan fingerprint density at radius 3 is 2.81 bits per heavy atom. The minimum atomic E-state index is 0.409. The number of nitrogens with zero attached hydrogens (tertiary/aromatic N) is 1. The molecule has 1 unspecified atom stereocenters. The molecule has 0 radical (unpaired) electrons. The first-order valence-electron chi connectivity index (χ1n) is 5.48. The SMILES string of the molecule is CCOc1ccc(C(C)CCC#N)cc1Br. The van der Waals surface area contributed by atoms with Crippen LogP contribution < -0.4 is 4.74 Å². The zero-order chi connectivity index (χ0) is 12.0. The number of benzene rings is 1. The molecule has 1 aromatic carbocycles. The molecule has 0 saturated heterocycles. The van der Waals surface area contributed by atoms with Gasteiger partial charge in [-0.25, -0.2) is 0 Å². The van der Waals surface area contributed by atoms with E-state index in [1.54, 1.807) is 0 Å². The molecule has 86 valence electrons. The minimum Gasteiger partial charge on any atom is -0.493 e. The Hall–Kier alpha value is -1.01. The summed E-state index contributed by atoms with van der Waals surface area (Å²) in [4.78, 5) is 0. The van der Waals surface area contributed by atoms with Crippen LogP contribution in [0, 0.1) is 11.3 Å². The molecule has 0 aliphatic rings. The van der Waals surface area contributed by atoms with Gasteiger partial charge in [0.1, 0.15) is 5.75 Å². The Morgan fingerprint density at radius 2 is 2.25 bits per heavy atom. The molecule has 0 N–H and O–H groups in total. The van der Waals surface area contributed by atoms with E-state index in [1.807, 2.05) is 13.0 Å². The van der Waals surface area contributed by atoms with Crippen molar-refractivity contribution in [2.75, 3.05) is 6.61 Å². The van der Waals surface area contributed by atoms with Gasteiger partial charge in [-0.15, -0.1) is 0 Å². The normalized spacial score (nSPS) is 11.9. The Morgan fingerprint density at radius 1 is 1.50 bits per heavy atom. The van der Waals surface area contributed by atoms with E-state index in [-0.39, 0.29) is 0 Å². The first-order valence-corrected chi connectivity index (χ1v) is 6.27. The van der Waals surface area contributed by atoms with Gasteiger partial charge in [0, 0.05) is 6.42 Å². The van der Waals surface area contributed by atoms with E-state index in [4.69, 9.17) is 10.00 Å². The first-order chi connectivity index (χ1) is 7.69. The summed E-state index contributed by atoms with van der Waals surface area (Å²) < 4.78 is 6.44. The van der Waals surface area contributed by atoms with Gasteiger partial charge in [0.05, 0.1) is 17.1 Å². The quantitative estimate of drug-likeness (QED) is 0.808. The lowest BCUT2D eigenvalue weighted by Gasteiger charge is -2.12. The first kappa shape index (κ1) is 13.1. The molecule has 0 saturated carbocycles. The summed E-state index contributed by atoms with van der Waals surface area (Å²) in [6.45, 7) is 4.78. The Balaban J connectivity index is 2.76. The molecule has 2 nitrogen and oxygen atoms in total. The van der Waals surface area contributed by atoms with Crippen molar-refractivity contribution in [1.82, 2.24) is 0 Å². The maximum atomic E-state index is 8.55. The van der Waals surface area contributed by atoms with Crippen LogP contribution in [0.1, 0.15) is 38.2 Å². The highest BCUT2D eigenvalue weighted by atomic mass is 79.9. The van der Waals surface area contributed by atoms with Crippen molar-refractivity contribution in [1.29, 1.82) is 5.26 Å². The van der Waals surface area contributed by atoms with Gasteiger partial charge in [-0.1, -0.05) is 13.0 Å². The zero-order valence-electron chi connectivity index (χ0n) is 9.66. The smallest absolute Gasteiger partial charge is 0.133 e. The van der Waals surface area contributed by atoms with Crippen LogP contribution in [0.5, 0.6) is 5.75 Å². The molecule has 0 fully saturated rings. The molecule has 0 aliphatic carbocycles. The third-order valence-electron chi connectivity index (χ3n) is 2.51. The molecule has 3 heteroatoms. The maximum Gasteiger partial charge on any atom is 0.133 e. The van der Waals surface area contributed by atoms with Crippen molar-refractivity contribution in [3.05, 3.63) is 28.2 Å². The van der Waals surface area contributed by atoms with E-state index in [2.05, 4.69) is 41.1 Å². The fraction of sp³-hybridized carbons (Fsp3) is 0.462. The largest absolute Gasteiger partial charge is 0.493 e. The molecule has 0 aromatic heterocycles. The molecule has 0 bridgehead atoms. The van der Waals surface area contributed by atoms with E-state index in [1.165, 1.54) is 5.56 Å². The van der Waals surface area contributed by atoms with Gasteiger partial charge >= 0.3 is 0 Å². The van der Waals surface area contributed by atoms with Gasteiger partial charge in [0.2, 0.25) is 0 Å². The molecular weight excluding hydrogens is 266 g/mol. The fourth-order valence-electron chi connectivity index (χ4n) is 1.54. The van der Waals surface area contributed by atoms with Crippen molar-refractivity contribution in [2.24, 2.45) is 0 Å². The van der Waals surface area contributed by atoms with E-state index in [0.717, 1.165) is 16.6 Å². The summed E-state index contributed by atoms with van der Waals surface area (Å²) >= 11 is 3.49. The highest BCUT2D eigenvalue weighted by Crippen LogP contribution is 2.30. The highest BCUT2D eigenvalue weighted by molar-refractivity contribution is 9.10. The Bertz CT molecular complexity index is 384. The topological polar surface area (TPSA) is 33.0 Å². The van der Waals surface area contributed by atoms with Crippen LogP contribution >= 0.6 is 15.9 Å². The molecule has 1 atom stereocenters. The van der Waals surface area contributed by atoms with Gasteiger partial charge in [-0.2, -0.15) is 5.26 Å². The van der Waals surface area contributed by atoms with Crippen molar-refractivity contribution in [2.45, 2.75) is 32.6 Å². The lowest BCUT2D eigenvalue weighted by molar-refractivity contribution is 0.338. The summed E-state index contributed by atoms with van der Waals surface area (Å²) in [5.41, 5.74) is 1.24. The molecule has 0 spiro atoms. The number of ether oxygens (including phenoxy) is 1. The van der Waals surface area contributed by atoms with Crippen molar-refractivity contribution in [3.63, 3.8) is 0 Å². The second-order valence-electron chi connectivity index (χ2n) is 3.72. The number of hydrogen-bond acceptors (Lipinski definition) is 2. The monoisotopic (exact) mass is 281 g/mol. The Kier molecular flexibility index (Phi) is 5.34. The van der Waals surface area contributed by atoms with Gasteiger partial charge in [-0.05, 0) is 52.9 Å². The summed E-state index contributed by atoms with van der Waals surface area (Å²) in [7, 11) is 0. The second-order valence-corrected chi connectivity index (χ2v) is 4.58. The van der Waals surface area contributed by atoms with E-state index >= 15 is 0 Å². The fourth-order valence-corrected chi connectivity index (χ4v) is 2.05. The van der Waals surface area contributed by atoms with Crippen LogP contribution in [0.2, 0.25) is 0 Å². The van der Waals surface area contributed by atoms with Crippen molar-refractivity contribution in [3.8, 4) is 11.8 Å². The van der Waals surface area contributed by atoms with Crippen LogP contribution in [0.25, 0.3) is 0 Å². The van der Waals surface area contributed by atoms with Crippen molar-refractivity contribution >= 4 is 15.9 Å². The lowest BCUT2D eigenvalue weighted by atomic mass is 9.96. The standard InChI is InChI=1S/C13H16BrNO/c1-3-16-13-7-6-11(9-12(13)14)10(2)5-4-8-15/h6-7,9-10H,3-5H2,1-2H3. The van der Waals surface area contributed by atoms with Crippen LogP contribution in [0.3, 0.4) is 0 Å². The number of nitriles is 1. The number of halogens is 1. The average molecular weight is 282 g/mol. The molecule has 0 heterocycles. The van der Waals surface area contributed by atoms with Crippen LogP contribution in [-0.4, -0.2) is 6.61 Å². The van der Waals surface area contributed by atoms with E-state index in [0.29, 0.717) is 18.9 Å². The summed E-state index contributed by atoms with van der Waals surface area (Å²) in [5.74, 6) is 1.28. The molecule has 16 heavy (non-hydrogen) atoms. The van der Waals surface area contributed by atoms with Crippen LogP contribution in [0.15, 0.2) is 22.7 Å². The summed E-state index contributed by atoms with van der Waals surface area (Å²) in [6, 6.07) is 8.30. The predicted octanol–water partition coefficient (Wildman–Crippen LogP) is 4.26. The minimum absolute atomic E-state index is 0.409. The number of hydrogen-bond donors (Lipinski definition) is 0. The molecule has 1 rings (SSSR count). The summed E-state index contributed by atoms with van der Waals surface area (Å²) in [5, 5.41) is 8.55. The van der Waals surface area contributed by atoms with Crippen LogP contribution in [0.4, 0.5) is 0 Å². The highest BCUT2D eigenvalue weighted by Gasteiger charge is 2.08. The van der Waals surface area contributed by atoms with Crippen molar-refractivity contribution < 1.29 is 4.74 Å². The van der Waals surface area contributed by atoms with Gasteiger partial charge in [0.15, 0.2) is 0 Å². The van der Waals surface area contributed by atoms with E-state index in [9.17, 15) is 0 Å². The van der Waals surface area contributed by atoms with Gasteiger partial charge in [-0.3, -0.25) is 0 Å². The number of rotatable bonds is 5. The second kappa shape index (κ2) is 6.55. The maximum absolute atomic E-state index is 8.55. The lowest BCUT2D eigenvalue weighted by Crippen LogP contribution is -1.96. The molecular formula is C13H16BrNO. The summed E-state index contributed by atoms with van der Waals surface area (Å²) in [6.07, 6.45) is 1.50. The third-order valence-corrected chi connectivity index (χ3v) is 3.13. The third kappa shape index (κ3) is 3.53. The van der Waals surface area contributed by atoms with Gasteiger partial charge in [0.25, 0.3) is 0 Å². The molecule has 0 amide bonds. The average Bonchev–Trinajstić information content (AvgIpc) is 2.29. The Labute approximate surface area is 105 Å². The molecule has 0 aliphatic heterocycles. The van der Waals surface area contributed by atoms with E-state index < -0.39 is 0 Å². The molecule has 1 aromatic rings. The van der Waals surface area contributed by atoms with Gasteiger partial charge < -0.3 is 4.74 Å². The van der Waals surface area contributed by atoms with Crippen LogP contribution in [-0.2, 0) is 0 Å². The predicted molar refractivity (Wildman–Crippen MR) is 68.6 cm³/mol. The zero-order valence-corrected chi connectivity index (χ0v) is 11.3.